The molecular formula is C12H18O8S. The van der Waals surface area contributed by atoms with Crippen molar-refractivity contribution in [3.05, 3.63) is 0 Å². The summed E-state index contributed by atoms with van der Waals surface area (Å²) in [5, 5.41) is 10.2. The van der Waals surface area contributed by atoms with Crippen LogP contribution in [-0.2, 0) is 33.3 Å². The number of thiol groups is 1. The van der Waals surface area contributed by atoms with Gasteiger partial charge in [0, 0.05) is 20.8 Å². The third-order valence-corrected chi connectivity index (χ3v) is 3.11. The number of ether oxygens (including phenoxy) is 4. The van der Waals surface area contributed by atoms with Crippen LogP contribution in [0.4, 0.5) is 0 Å². The molecule has 1 rings (SSSR count). The molecule has 9 heteroatoms. The van der Waals surface area contributed by atoms with Crippen molar-refractivity contribution >= 4 is 30.5 Å². The highest BCUT2D eigenvalue weighted by molar-refractivity contribution is 7.80. The minimum atomic E-state index is -1.35. The van der Waals surface area contributed by atoms with E-state index in [-0.39, 0.29) is 6.61 Å². The maximum atomic E-state index is 11.1. The van der Waals surface area contributed by atoms with Crippen molar-refractivity contribution in [3.8, 4) is 0 Å². The Morgan fingerprint density at radius 1 is 1.05 bits per heavy atom. The van der Waals surface area contributed by atoms with Crippen LogP contribution in [0.2, 0.25) is 0 Å². The number of esters is 3. The Balaban J connectivity index is 2.86. The summed E-state index contributed by atoms with van der Waals surface area (Å²) in [5.74, 6) is -1.84. The van der Waals surface area contributed by atoms with Gasteiger partial charge in [-0.15, -0.1) is 12.6 Å². The van der Waals surface area contributed by atoms with Crippen molar-refractivity contribution in [3.63, 3.8) is 0 Å². The molecule has 0 radical (unpaired) electrons. The van der Waals surface area contributed by atoms with E-state index < -0.39 is 47.8 Å². The number of carbonyl (C=O) groups excluding carboxylic acids is 3. The van der Waals surface area contributed by atoms with Crippen molar-refractivity contribution in [1.82, 2.24) is 0 Å². The van der Waals surface area contributed by atoms with Gasteiger partial charge in [0.25, 0.3) is 0 Å². The molecule has 0 bridgehead atoms. The van der Waals surface area contributed by atoms with Crippen molar-refractivity contribution in [2.75, 3.05) is 6.61 Å². The second kappa shape index (κ2) is 7.62. The monoisotopic (exact) mass is 322 g/mol. The van der Waals surface area contributed by atoms with Crippen LogP contribution in [-0.4, -0.2) is 59.5 Å². The maximum Gasteiger partial charge on any atom is 0.303 e. The number of rotatable bonds is 4. The van der Waals surface area contributed by atoms with Gasteiger partial charge in [0.2, 0.25) is 0 Å². The predicted molar refractivity (Wildman–Crippen MR) is 71.4 cm³/mol. The van der Waals surface area contributed by atoms with Gasteiger partial charge in [-0.1, -0.05) is 0 Å². The summed E-state index contributed by atoms with van der Waals surface area (Å²) in [7, 11) is 0. The summed E-state index contributed by atoms with van der Waals surface area (Å²) in [6, 6.07) is 0. The molecule has 0 aromatic heterocycles. The zero-order valence-electron chi connectivity index (χ0n) is 11.8. The van der Waals surface area contributed by atoms with E-state index in [0.717, 1.165) is 6.92 Å². The fourth-order valence-corrected chi connectivity index (χ4v) is 2.29. The fraction of sp³-hybridized carbons (Fsp3) is 0.750. The van der Waals surface area contributed by atoms with Crippen LogP contribution in [0.5, 0.6) is 0 Å². The van der Waals surface area contributed by atoms with E-state index >= 15 is 0 Å². The lowest BCUT2D eigenvalue weighted by Crippen LogP contribution is -2.59. The molecule has 1 saturated heterocycles. The first-order valence-electron chi connectivity index (χ1n) is 6.21. The second-order valence-corrected chi connectivity index (χ2v) is 5.02. The molecule has 21 heavy (non-hydrogen) atoms. The van der Waals surface area contributed by atoms with E-state index in [1.165, 1.54) is 13.8 Å². The average molecular weight is 322 g/mol. The molecule has 1 heterocycles. The minimum Gasteiger partial charge on any atom is -0.463 e. The van der Waals surface area contributed by atoms with Crippen molar-refractivity contribution < 1.29 is 38.4 Å². The molecule has 120 valence electrons. The first-order chi connectivity index (χ1) is 9.72. The van der Waals surface area contributed by atoms with E-state index in [1.807, 2.05) is 0 Å². The zero-order valence-corrected chi connectivity index (χ0v) is 12.7. The number of hydrogen-bond donors (Lipinski definition) is 2. The first-order valence-corrected chi connectivity index (χ1v) is 6.73. The van der Waals surface area contributed by atoms with Crippen molar-refractivity contribution in [1.29, 1.82) is 0 Å². The highest BCUT2D eigenvalue weighted by Crippen LogP contribution is 2.28. The van der Waals surface area contributed by atoms with Gasteiger partial charge in [-0.25, -0.2) is 0 Å². The summed E-state index contributed by atoms with van der Waals surface area (Å²) < 4.78 is 20.1. The SMILES string of the molecule is CC(=O)OCC1O[C@@H](S)C(OC(C)=O)C(O)[C@@H]1OC(C)=O. The summed E-state index contributed by atoms with van der Waals surface area (Å²) >= 11 is 4.08. The average Bonchev–Trinajstić information content (AvgIpc) is 2.35. The van der Waals surface area contributed by atoms with E-state index in [2.05, 4.69) is 12.6 Å². The summed E-state index contributed by atoms with van der Waals surface area (Å²) in [6.07, 6.45) is -4.52. The largest absolute Gasteiger partial charge is 0.463 e. The molecule has 1 aliphatic heterocycles. The van der Waals surface area contributed by atoms with Crippen LogP contribution in [0.3, 0.4) is 0 Å². The lowest BCUT2D eigenvalue weighted by Gasteiger charge is -2.41. The van der Waals surface area contributed by atoms with Crippen LogP contribution < -0.4 is 0 Å². The van der Waals surface area contributed by atoms with Crippen LogP contribution >= 0.6 is 12.6 Å². The van der Waals surface area contributed by atoms with Gasteiger partial charge < -0.3 is 24.1 Å². The molecule has 1 N–H and O–H groups in total. The van der Waals surface area contributed by atoms with Gasteiger partial charge >= 0.3 is 17.9 Å². The van der Waals surface area contributed by atoms with Crippen molar-refractivity contribution in [2.24, 2.45) is 0 Å². The molecule has 0 aromatic carbocycles. The number of aliphatic hydroxyl groups excluding tert-OH is 1. The number of carbonyl (C=O) groups is 3. The Kier molecular flexibility index (Phi) is 6.43. The van der Waals surface area contributed by atoms with Gasteiger partial charge in [-0.05, 0) is 0 Å². The summed E-state index contributed by atoms with van der Waals surface area (Å²) in [5.41, 5.74) is -0.948. The molecule has 0 saturated carbocycles. The van der Waals surface area contributed by atoms with Gasteiger partial charge in [-0.3, -0.25) is 14.4 Å². The molecule has 1 fully saturated rings. The minimum absolute atomic E-state index is 0.228. The molecule has 8 nitrogen and oxygen atoms in total. The van der Waals surface area contributed by atoms with E-state index in [9.17, 15) is 19.5 Å². The van der Waals surface area contributed by atoms with Gasteiger partial charge in [-0.2, -0.15) is 0 Å². The highest BCUT2D eigenvalue weighted by Gasteiger charge is 2.48. The third-order valence-electron chi connectivity index (χ3n) is 2.69. The Morgan fingerprint density at radius 3 is 2.05 bits per heavy atom. The van der Waals surface area contributed by atoms with Crippen molar-refractivity contribution in [2.45, 2.75) is 50.6 Å². The molecule has 1 aliphatic rings. The lowest BCUT2D eigenvalue weighted by molar-refractivity contribution is -0.229. The molecular weight excluding hydrogens is 304 g/mol. The summed E-state index contributed by atoms with van der Waals surface area (Å²) in [6.45, 7) is 3.30. The molecule has 0 amide bonds. The predicted octanol–water partition coefficient (Wildman–Crippen LogP) is -0.572. The second-order valence-electron chi connectivity index (χ2n) is 4.51. The quantitative estimate of drug-likeness (QED) is 0.402. The first kappa shape index (κ1) is 17.7. The standard InChI is InChI=1S/C12H18O8S/c1-5(13)17-4-8-10(18-6(2)14)9(16)11(12(21)20-8)19-7(3)15/h8-12,16,21H,4H2,1-3H3/t8?,9?,10-,11?,12+/m1/s1. The normalized spacial score (nSPS) is 32.1. The molecule has 0 spiro atoms. The van der Waals surface area contributed by atoms with E-state index in [4.69, 9.17) is 18.9 Å². The third kappa shape index (κ3) is 5.18. The summed E-state index contributed by atoms with van der Waals surface area (Å²) in [4.78, 5) is 33.0. The van der Waals surface area contributed by atoms with Crippen LogP contribution in [0.25, 0.3) is 0 Å². The highest BCUT2D eigenvalue weighted by atomic mass is 32.1. The van der Waals surface area contributed by atoms with E-state index in [1.54, 1.807) is 0 Å². The maximum absolute atomic E-state index is 11.1. The van der Waals surface area contributed by atoms with E-state index in [0.29, 0.717) is 0 Å². The van der Waals surface area contributed by atoms with Gasteiger partial charge in [0.15, 0.2) is 12.2 Å². The topological polar surface area (TPSA) is 108 Å². The molecule has 0 aliphatic carbocycles. The number of aliphatic hydroxyl groups is 1. The molecule has 3 unspecified atom stereocenters. The molecule has 0 aromatic rings. The smallest absolute Gasteiger partial charge is 0.303 e. The fourth-order valence-electron chi connectivity index (χ4n) is 1.90. The van der Waals surface area contributed by atoms with Crippen LogP contribution in [0.1, 0.15) is 20.8 Å². The molecule has 5 atom stereocenters. The Morgan fingerprint density at radius 2 is 1.57 bits per heavy atom. The zero-order chi connectivity index (χ0) is 16.2. The number of hydrogen-bond acceptors (Lipinski definition) is 9. The van der Waals surface area contributed by atoms with Crippen LogP contribution in [0, 0.1) is 0 Å². The Hall–Kier alpha value is -1.32. The lowest BCUT2D eigenvalue weighted by atomic mass is 9.99. The Bertz CT molecular complexity index is 410. The van der Waals surface area contributed by atoms with Crippen LogP contribution in [0.15, 0.2) is 0 Å². The van der Waals surface area contributed by atoms with Gasteiger partial charge in [0.05, 0.1) is 0 Å². The Labute approximate surface area is 127 Å². The van der Waals surface area contributed by atoms with Gasteiger partial charge in [0.1, 0.15) is 24.3 Å².